The van der Waals surface area contributed by atoms with Crippen molar-refractivity contribution in [1.82, 2.24) is 8.97 Å². The highest BCUT2D eigenvalue weighted by Crippen LogP contribution is 2.48. The third-order valence-electron chi connectivity index (χ3n) is 14.1. The SMILES string of the molecule is c1ccc(N(c2ccccc2)c2ccc(-n3c4ccc(N(c5ccccc5)c5ccccc5)cc4c4cc5c6cc(N(c7ccccc7)c7ccccc7)cc7c8ccccc8n(c5cc43)c76)cc2)cc1. The Balaban J connectivity index is 1.05. The van der Waals surface area contributed by atoms with Gasteiger partial charge in [0.05, 0.1) is 27.6 Å². The van der Waals surface area contributed by atoms with Gasteiger partial charge >= 0.3 is 0 Å². The Labute approximate surface area is 411 Å². The van der Waals surface area contributed by atoms with Crippen LogP contribution in [0.5, 0.6) is 0 Å². The van der Waals surface area contributed by atoms with Crippen LogP contribution >= 0.6 is 0 Å². The van der Waals surface area contributed by atoms with Gasteiger partial charge in [0, 0.05) is 89.2 Å². The van der Waals surface area contributed by atoms with Gasteiger partial charge in [0.15, 0.2) is 0 Å². The molecule has 3 heterocycles. The Morgan fingerprint density at radius 2 is 0.577 bits per heavy atom. The molecule has 0 aliphatic rings. The average Bonchev–Trinajstić information content (AvgIpc) is 4.06. The number of nitrogens with zero attached hydrogens (tertiary/aromatic N) is 5. The second kappa shape index (κ2) is 16.6. The third-order valence-corrected chi connectivity index (χ3v) is 14.1. The number of benzene rings is 11. The van der Waals surface area contributed by atoms with Crippen LogP contribution < -0.4 is 14.7 Å². The van der Waals surface area contributed by atoms with Gasteiger partial charge in [-0.2, -0.15) is 0 Å². The molecule has 14 rings (SSSR count). The molecule has 0 amide bonds. The van der Waals surface area contributed by atoms with Gasteiger partial charge in [0.2, 0.25) is 0 Å². The first-order valence-corrected chi connectivity index (χ1v) is 24.3. The lowest BCUT2D eigenvalue weighted by Crippen LogP contribution is -2.10. The van der Waals surface area contributed by atoms with E-state index in [9.17, 15) is 0 Å². The molecule has 0 saturated carbocycles. The molecule has 0 radical (unpaired) electrons. The van der Waals surface area contributed by atoms with Crippen LogP contribution in [-0.4, -0.2) is 8.97 Å². The van der Waals surface area contributed by atoms with E-state index in [1.807, 2.05) is 0 Å². The standard InChI is InChI=1S/C66H45N5/c1-7-21-46(22-8-1)67(47-23-9-2-10-24-47)52-35-37-53(38-36-52)70-63-40-39-54(68(48-25-11-3-12-26-48)49-27-13-4-14-28-49)41-57(63)58-44-59-61-43-55(69(50-29-15-5-16-30-50)51-31-17-6-18-32-51)42-60-56-33-19-20-34-62(56)71(66(60)61)65(59)45-64(58)70/h1-45H. The van der Waals surface area contributed by atoms with E-state index in [-0.39, 0.29) is 0 Å². The molecule has 0 N–H and O–H groups in total. The highest BCUT2D eigenvalue weighted by molar-refractivity contribution is 6.27. The summed E-state index contributed by atoms with van der Waals surface area (Å²) in [6.45, 7) is 0. The summed E-state index contributed by atoms with van der Waals surface area (Å²) in [6, 6.07) is 98.7. The Bertz CT molecular complexity index is 4070. The van der Waals surface area contributed by atoms with Gasteiger partial charge in [-0.05, 0) is 146 Å². The van der Waals surface area contributed by atoms with E-state index in [0.29, 0.717) is 0 Å². The molecule has 0 aliphatic carbocycles. The summed E-state index contributed by atoms with van der Waals surface area (Å²) in [4.78, 5) is 7.07. The Morgan fingerprint density at radius 3 is 1.08 bits per heavy atom. The van der Waals surface area contributed by atoms with Crippen LogP contribution in [0.2, 0.25) is 0 Å². The minimum atomic E-state index is 1.09. The molecular weight excluding hydrogens is 863 g/mol. The van der Waals surface area contributed by atoms with Crippen LogP contribution in [0.1, 0.15) is 0 Å². The van der Waals surface area contributed by atoms with E-state index in [0.717, 1.165) is 67.9 Å². The largest absolute Gasteiger partial charge is 0.311 e. The van der Waals surface area contributed by atoms with Crippen molar-refractivity contribution in [3.8, 4) is 5.69 Å². The maximum atomic E-state index is 2.51. The van der Waals surface area contributed by atoms with E-state index in [2.05, 4.69) is 297 Å². The average molecular weight is 908 g/mol. The molecule has 334 valence electrons. The molecule has 0 spiro atoms. The minimum Gasteiger partial charge on any atom is -0.311 e. The highest BCUT2D eigenvalue weighted by Gasteiger charge is 2.25. The molecule has 0 atom stereocenters. The number of anilines is 9. The molecule has 3 aromatic heterocycles. The molecule has 14 aromatic rings. The fourth-order valence-electron chi connectivity index (χ4n) is 11.1. The number of fused-ring (bicyclic) bond motifs is 9. The molecule has 5 nitrogen and oxygen atoms in total. The predicted octanol–water partition coefficient (Wildman–Crippen LogP) is 18.3. The fraction of sp³-hybridized carbons (Fsp3) is 0. The Morgan fingerprint density at radius 1 is 0.211 bits per heavy atom. The summed E-state index contributed by atoms with van der Waals surface area (Å²) in [6.07, 6.45) is 0. The Hall–Kier alpha value is -9.58. The van der Waals surface area contributed by atoms with E-state index in [1.54, 1.807) is 0 Å². The van der Waals surface area contributed by atoms with Crippen molar-refractivity contribution in [3.63, 3.8) is 0 Å². The van der Waals surface area contributed by atoms with Crippen LogP contribution in [0.3, 0.4) is 0 Å². The van der Waals surface area contributed by atoms with Crippen molar-refractivity contribution in [1.29, 1.82) is 0 Å². The first-order chi connectivity index (χ1) is 35.2. The number of hydrogen-bond donors (Lipinski definition) is 0. The van der Waals surface area contributed by atoms with Crippen LogP contribution in [-0.2, 0) is 0 Å². The van der Waals surface area contributed by atoms with Gasteiger partial charge in [-0.15, -0.1) is 0 Å². The summed E-state index contributed by atoms with van der Waals surface area (Å²) in [5, 5.41) is 7.29. The lowest BCUT2D eigenvalue weighted by Gasteiger charge is -2.26. The van der Waals surface area contributed by atoms with Gasteiger partial charge in [0.25, 0.3) is 0 Å². The van der Waals surface area contributed by atoms with E-state index >= 15 is 0 Å². The van der Waals surface area contributed by atoms with Crippen molar-refractivity contribution < 1.29 is 0 Å². The maximum absolute atomic E-state index is 2.51. The van der Waals surface area contributed by atoms with Crippen LogP contribution in [0, 0.1) is 0 Å². The minimum absolute atomic E-state index is 1.09. The monoisotopic (exact) mass is 907 g/mol. The second-order valence-corrected chi connectivity index (χ2v) is 18.2. The zero-order chi connectivity index (χ0) is 46.8. The predicted molar refractivity (Wildman–Crippen MR) is 299 cm³/mol. The van der Waals surface area contributed by atoms with Crippen LogP contribution in [0.15, 0.2) is 273 Å². The van der Waals surface area contributed by atoms with Gasteiger partial charge in [0.1, 0.15) is 0 Å². The first-order valence-electron chi connectivity index (χ1n) is 24.3. The number of hydrogen-bond acceptors (Lipinski definition) is 3. The van der Waals surface area contributed by atoms with Gasteiger partial charge in [-0.25, -0.2) is 0 Å². The summed E-state index contributed by atoms with van der Waals surface area (Å²) in [7, 11) is 0. The van der Waals surface area contributed by atoms with E-state index in [4.69, 9.17) is 0 Å². The summed E-state index contributed by atoms with van der Waals surface area (Å²) < 4.78 is 4.97. The molecule has 0 saturated heterocycles. The van der Waals surface area contributed by atoms with Crippen molar-refractivity contribution in [2.75, 3.05) is 14.7 Å². The number of para-hydroxylation sites is 7. The number of aromatic nitrogens is 2. The van der Waals surface area contributed by atoms with Crippen molar-refractivity contribution in [2.24, 2.45) is 0 Å². The van der Waals surface area contributed by atoms with Crippen LogP contribution in [0.25, 0.3) is 65.6 Å². The molecule has 5 heteroatoms. The molecule has 0 unspecified atom stereocenters. The summed E-state index contributed by atoms with van der Waals surface area (Å²) in [5.41, 5.74) is 16.9. The van der Waals surface area contributed by atoms with Gasteiger partial charge < -0.3 is 23.7 Å². The first kappa shape index (κ1) is 40.5. The zero-order valence-corrected chi connectivity index (χ0v) is 38.7. The summed E-state index contributed by atoms with van der Waals surface area (Å²) >= 11 is 0. The summed E-state index contributed by atoms with van der Waals surface area (Å²) in [5.74, 6) is 0. The van der Waals surface area contributed by atoms with Crippen molar-refractivity contribution in [3.05, 3.63) is 273 Å². The lowest BCUT2D eigenvalue weighted by molar-refractivity contribution is 1.17. The topological polar surface area (TPSA) is 19.1 Å². The molecule has 71 heavy (non-hydrogen) atoms. The lowest BCUT2D eigenvalue weighted by atomic mass is 10.0. The van der Waals surface area contributed by atoms with Crippen molar-refractivity contribution in [2.45, 2.75) is 0 Å². The fourth-order valence-corrected chi connectivity index (χ4v) is 11.1. The Kier molecular flexibility index (Phi) is 9.46. The maximum Gasteiger partial charge on any atom is 0.0622 e. The van der Waals surface area contributed by atoms with Crippen molar-refractivity contribution >= 4 is 111 Å². The molecule has 0 bridgehead atoms. The normalized spacial score (nSPS) is 11.7. The molecule has 0 fully saturated rings. The number of rotatable bonds is 10. The molecule has 0 aliphatic heterocycles. The van der Waals surface area contributed by atoms with E-state index in [1.165, 1.54) is 48.9 Å². The highest BCUT2D eigenvalue weighted by atomic mass is 15.2. The van der Waals surface area contributed by atoms with Gasteiger partial charge in [-0.3, -0.25) is 0 Å². The zero-order valence-electron chi connectivity index (χ0n) is 38.7. The van der Waals surface area contributed by atoms with E-state index < -0.39 is 0 Å². The molecular formula is C66H45N5. The third kappa shape index (κ3) is 6.63. The quantitative estimate of drug-likeness (QED) is 0.136. The second-order valence-electron chi connectivity index (χ2n) is 18.2. The van der Waals surface area contributed by atoms with Gasteiger partial charge in [-0.1, -0.05) is 127 Å². The van der Waals surface area contributed by atoms with Crippen LogP contribution in [0.4, 0.5) is 51.2 Å². The molecule has 11 aromatic carbocycles. The smallest absolute Gasteiger partial charge is 0.0622 e.